The molecule has 0 atom stereocenters. The van der Waals surface area contributed by atoms with Crippen LogP contribution >= 0.6 is 11.3 Å². The summed E-state index contributed by atoms with van der Waals surface area (Å²) in [4.78, 5) is 27.0. The summed E-state index contributed by atoms with van der Waals surface area (Å²) in [6.45, 7) is 2.00. The molecule has 0 fully saturated rings. The van der Waals surface area contributed by atoms with Gasteiger partial charge in [0.2, 0.25) is 0 Å². The van der Waals surface area contributed by atoms with E-state index < -0.39 is 0 Å². The molecule has 1 aliphatic heterocycles. The van der Waals surface area contributed by atoms with Gasteiger partial charge in [-0.25, -0.2) is 0 Å². The molecule has 0 radical (unpaired) electrons. The number of nitrogens with zero attached hydrogens (tertiary/aromatic N) is 1. The van der Waals surface area contributed by atoms with E-state index in [-0.39, 0.29) is 18.4 Å². The predicted octanol–water partition coefficient (Wildman–Crippen LogP) is 2.66. The first-order chi connectivity index (χ1) is 10.0. The standard InChI is InChI=1S/C15H14N2O3S/c1-9-3-6-13(21-9)15(19)16-10-4-5-12-11(7-10)17(2)14(18)8-20-12/h3-7H,8H2,1-2H3,(H,16,19). The number of hydrogen-bond donors (Lipinski definition) is 1. The average molecular weight is 302 g/mol. The number of thiophene rings is 1. The molecule has 2 heterocycles. The number of carbonyl (C=O) groups is 2. The maximum absolute atomic E-state index is 12.1. The third-order valence-corrected chi connectivity index (χ3v) is 4.27. The van der Waals surface area contributed by atoms with Crippen molar-refractivity contribution in [1.29, 1.82) is 0 Å². The number of ether oxygens (including phenoxy) is 1. The van der Waals surface area contributed by atoms with Gasteiger partial charge in [-0.3, -0.25) is 9.59 Å². The first kappa shape index (κ1) is 13.6. The maximum atomic E-state index is 12.1. The number of carbonyl (C=O) groups excluding carboxylic acids is 2. The van der Waals surface area contributed by atoms with Gasteiger partial charge >= 0.3 is 0 Å². The summed E-state index contributed by atoms with van der Waals surface area (Å²) in [5.74, 6) is 0.376. The third-order valence-electron chi connectivity index (χ3n) is 3.27. The Morgan fingerprint density at radius 2 is 2.14 bits per heavy atom. The Bertz CT molecular complexity index is 723. The number of hydrogen-bond acceptors (Lipinski definition) is 4. The van der Waals surface area contributed by atoms with Gasteiger partial charge in [-0.15, -0.1) is 11.3 Å². The van der Waals surface area contributed by atoms with E-state index in [9.17, 15) is 9.59 Å². The highest BCUT2D eigenvalue weighted by Crippen LogP contribution is 2.33. The minimum atomic E-state index is -0.154. The van der Waals surface area contributed by atoms with Crippen LogP contribution in [0.4, 0.5) is 11.4 Å². The number of fused-ring (bicyclic) bond motifs is 1. The highest BCUT2D eigenvalue weighted by Gasteiger charge is 2.22. The Kier molecular flexibility index (Phi) is 3.39. The van der Waals surface area contributed by atoms with Gasteiger partial charge < -0.3 is 15.0 Å². The molecule has 1 aliphatic rings. The van der Waals surface area contributed by atoms with Crippen molar-refractivity contribution in [3.63, 3.8) is 0 Å². The van der Waals surface area contributed by atoms with Crippen molar-refractivity contribution in [3.05, 3.63) is 40.1 Å². The van der Waals surface area contributed by atoms with Crippen molar-refractivity contribution in [1.82, 2.24) is 0 Å². The zero-order valence-electron chi connectivity index (χ0n) is 11.7. The van der Waals surface area contributed by atoms with Crippen LogP contribution < -0.4 is 15.0 Å². The summed E-state index contributed by atoms with van der Waals surface area (Å²) in [5, 5.41) is 2.84. The second kappa shape index (κ2) is 5.21. The molecular formula is C15H14N2O3S. The number of likely N-dealkylation sites (N-methyl/N-ethyl adjacent to an activating group) is 1. The van der Waals surface area contributed by atoms with Gasteiger partial charge in [-0.2, -0.15) is 0 Å². The van der Waals surface area contributed by atoms with Gasteiger partial charge in [0.25, 0.3) is 11.8 Å². The third kappa shape index (κ3) is 2.62. The SMILES string of the molecule is Cc1ccc(C(=O)Nc2ccc3c(c2)N(C)C(=O)CO3)s1. The van der Waals surface area contributed by atoms with Gasteiger partial charge in [0, 0.05) is 17.6 Å². The molecule has 108 valence electrons. The number of amides is 2. The first-order valence-corrected chi connectivity index (χ1v) is 7.27. The molecule has 0 saturated heterocycles. The summed E-state index contributed by atoms with van der Waals surface area (Å²) in [6.07, 6.45) is 0. The van der Waals surface area contributed by atoms with Gasteiger partial charge in [-0.05, 0) is 37.3 Å². The van der Waals surface area contributed by atoms with E-state index in [0.29, 0.717) is 22.0 Å². The molecule has 0 spiro atoms. The molecule has 1 aromatic heterocycles. The fourth-order valence-electron chi connectivity index (χ4n) is 2.10. The minimum Gasteiger partial charge on any atom is -0.482 e. The van der Waals surface area contributed by atoms with Crippen LogP contribution in [0.25, 0.3) is 0 Å². The predicted molar refractivity (Wildman–Crippen MR) is 82.4 cm³/mol. The number of nitrogens with one attached hydrogen (secondary N) is 1. The van der Waals surface area contributed by atoms with Crippen molar-refractivity contribution in [2.75, 3.05) is 23.9 Å². The zero-order valence-corrected chi connectivity index (χ0v) is 12.5. The molecule has 6 heteroatoms. The van der Waals surface area contributed by atoms with E-state index in [0.717, 1.165) is 4.88 Å². The molecule has 0 unspecified atom stereocenters. The number of aryl methyl sites for hydroxylation is 1. The lowest BCUT2D eigenvalue weighted by atomic mass is 10.2. The Morgan fingerprint density at radius 1 is 1.33 bits per heavy atom. The van der Waals surface area contributed by atoms with E-state index in [1.807, 2.05) is 13.0 Å². The smallest absolute Gasteiger partial charge is 0.265 e. The van der Waals surface area contributed by atoms with Crippen molar-refractivity contribution in [2.24, 2.45) is 0 Å². The molecule has 1 N–H and O–H groups in total. The van der Waals surface area contributed by atoms with Gasteiger partial charge in [0.1, 0.15) is 5.75 Å². The second-order valence-electron chi connectivity index (χ2n) is 4.79. The second-order valence-corrected chi connectivity index (χ2v) is 6.08. The van der Waals surface area contributed by atoms with Crippen molar-refractivity contribution in [2.45, 2.75) is 6.92 Å². The molecule has 21 heavy (non-hydrogen) atoms. The quantitative estimate of drug-likeness (QED) is 0.928. The maximum Gasteiger partial charge on any atom is 0.265 e. The fourth-order valence-corrected chi connectivity index (χ4v) is 2.86. The molecule has 0 bridgehead atoms. The largest absolute Gasteiger partial charge is 0.482 e. The molecule has 3 rings (SSSR count). The number of rotatable bonds is 2. The Hall–Kier alpha value is -2.34. The lowest BCUT2D eigenvalue weighted by molar-refractivity contribution is -0.120. The van der Waals surface area contributed by atoms with E-state index in [4.69, 9.17) is 4.74 Å². The molecule has 0 aliphatic carbocycles. The monoisotopic (exact) mass is 302 g/mol. The Labute approximate surface area is 126 Å². The van der Waals surface area contributed by atoms with Crippen LogP contribution in [0, 0.1) is 6.92 Å². The Morgan fingerprint density at radius 3 is 2.86 bits per heavy atom. The van der Waals surface area contributed by atoms with Crippen LogP contribution in [0.2, 0.25) is 0 Å². The van der Waals surface area contributed by atoms with E-state index in [1.165, 1.54) is 16.2 Å². The van der Waals surface area contributed by atoms with Crippen LogP contribution in [0.15, 0.2) is 30.3 Å². The average Bonchev–Trinajstić information content (AvgIpc) is 2.90. The van der Waals surface area contributed by atoms with Crippen molar-refractivity contribution in [3.8, 4) is 5.75 Å². The summed E-state index contributed by atoms with van der Waals surface area (Å²) in [7, 11) is 1.69. The van der Waals surface area contributed by atoms with Crippen LogP contribution in [0.5, 0.6) is 5.75 Å². The highest BCUT2D eigenvalue weighted by atomic mass is 32.1. The molecule has 2 amide bonds. The van der Waals surface area contributed by atoms with Crippen LogP contribution in [0.3, 0.4) is 0 Å². The van der Waals surface area contributed by atoms with Crippen LogP contribution in [-0.4, -0.2) is 25.5 Å². The summed E-state index contributed by atoms with van der Waals surface area (Å²) in [5.41, 5.74) is 1.29. The molecule has 0 saturated carbocycles. The first-order valence-electron chi connectivity index (χ1n) is 6.46. The van der Waals surface area contributed by atoms with Crippen molar-refractivity contribution >= 4 is 34.5 Å². The summed E-state index contributed by atoms with van der Waals surface area (Å²) < 4.78 is 5.35. The zero-order chi connectivity index (χ0) is 15.0. The normalized spacial score (nSPS) is 13.6. The molecule has 2 aromatic rings. The molecule has 1 aromatic carbocycles. The highest BCUT2D eigenvalue weighted by molar-refractivity contribution is 7.14. The summed E-state index contributed by atoms with van der Waals surface area (Å²) >= 11 is 1.44. The number of benzene rings is 1. The van der Waals surface area contributed by atoms with Gasteiger partial charge in [-0.1, -0.05) is 0 Å². The van der Waals surface area contributed by atoms with E-state index in [1.54, 1.807) is 31.3 Å². The van der Waals surface area contributed by atoms with Crippen LogP contribution in [0.1, 0.15) is 14.5 Å². The lowest BCUT2D eigenvalue weighted by Gasteiger charge is -2.26. The minimum absolute atomic E-state index is 0.0453. The van der Waals surface area contributed by atoms with Crippen molar-refractivity contribution < 1.29 is 14.3 Å². The van der Waals surface area contributed by atoms with Gasteiger partial charge in [0.15, 0.2) is 6.61 Å². The van der Waals surface area contributed by atoms with Crippen LogP contribution in [-0.2, 0) is 4.79 Å². The van der Waals surface area contributed by atoms with Gasteiger partial charge in [0.05, 0.1) is 10.6 Å². The van der Waals surface area contributed by atoms with E-state index in [2.05, 4.69) is 5.32 Å². The fraction of sp³-hybridized carbons (Fsp3) is 0.200. The summed E-state index contributed by atoms with van der Waals surface area (Å²) in [6, 6.07) is 8.97. The molecule has 5 nitrogen and oxygen atoms in total. The topological polar surface area (TPSA) is 58.6 Å². The lowest BCUT2D eigenvalue weighted by Crippen LogP contribution is -2.35. The number of anilines is 2. The Balaban J connectivity index is 1.84. The molecular weight excluding hydrogens is 288 g/mol. The van der Waals surface area contributed by atoms with E-state index >= 15 is 0 Å².